The highest BCUT2D eigenvalue weighted by atomic mass is 35.5. The van der Waals surface area contributed by atoms with Gasteiger partial charge in [0.15, 0.2) is 0 Å². The van der Waals surface area contributed by atoms with Gasteiger partial charge in [0, 0.05) is 16.8 Å². The molecule has 0 aliphatic rings. The summed E-state index contributed by atoms with van der Waals surface area (Å²) in [6.07, 6.45) is -0.904. The van der Waals surface area contributed by atoms with Gasteiger partial charge in [-0.25, -0.2) is 4.79 Å². The van der Waals surface area contributed by atoms with Crippen molar-refractivity contribution in [2.45, 2.75) is 39.3 Å². The molecule has 0 radical (unpaired) electrons. The van der Waals surface area contributed by atoms with Crippen LogP contribution in [0.3, 0.4) is 0 Å². The van der Waals surface area contributed by atoms with Gasteiger partial charge in [-0.15, -0.1) is 0 Å². The fourth-order valence-corrected chi connectivity index (χ4v) is 1.77. The molecule has 1 unspecified atom stereocenters. The van der Waals surface area contributed by atoms with Gasteiger partial charge >= 0.3 is 6.03 Å². The number of carbonyl (C=O) groups is 1. The Morgan fingerprint density at radius 1 is 1.45 bits per heavy atom. The first-order valence-electron chi connectivity index (χ1n) is 6.04. The van der Waals surface area contributed by atoms with Crippen LogP contribution in [-0.4, -0.2) is 26.1 Å². The molecule has 0 aliphatic carbocycles. The number of amides is 2. The van der Waals surface area contributed by atoms with Crippen molar-refractivity contribution in [1.82, 2.24) is 4.31 Å². The van der Waals surface area contributed by atoms with E-state index < -0.39 is 17.7 Å². The van der Waals surface area contributed by atoms with Crippen molar-refractivity contribution < 1.29 is 15.0 Å². The minimum Gasteiger partial charge on any atom is -0.506 e. The van der Waals surface area contributed by atoms with Crippen molar-refractivity contribution in [3.63, 3.8) is 0 Å². The Balaban J connectivity index is 3.02. The number of rotatable bonds is 2. The summed E-state index contributed by atoms with van der Waals surface area (Å²) in [6.45, 7) is 7.01. The van der Waals surface area contributed by atoms with Crippen LogP contribution < -0.4 is 5.32 Å². The molecule has 1 aromatic carbocycles. The summed E-state index contributed by atoms with van der Waals surface area (Å²) in [5, 5.41) is 22.0. The Labute approximate surface area is 129 Å². The lowest BCUT2D eigenvalue weighted by atomic mass is 10.1. The summed E-state index contributed by atoms with van der Waals surface area (Å²) in [5.41, 5.74) is 0.160. The number of phenols is 1. The zero-order valence-electron chi connectivity index (χ0n) is 11.8. The molecule has 0 fully saturated rings. The number of nitrogens with zero attached hydrogens (tertiary/aromatic N) is 1. The third-order valence-corrected chi connectivity index (χ3v) is 3.69. The second kappa shape index (κ2) is 6.11. The average molecular weight is 319 g/mol. The van der Waals surface area contributed by atoms with Crippen LogP contribution in [0.25, 0.3) is 0 Å². The maximum Gasteiger partial charge on any atom is 0.332 e. The SMILES string of the molecule is CC(O)c1cc(NC(=O)N(S)C(C)(C)C)cc(Cl)c1O. The van der Waals surface area contributed by atoms with E-state index in [-0.39, 0.29) is 16.3 Å². The Bertz CT molecular complexity index is 515. The van der Waals surface area contributed by atoms with E-state index in [0.717, 1.165) is 0 Å². The first-order chi connectivity index (χ1) is 9.04. The number of hydrogen-bond donors (Lipinski definition) is 4. The summed E-state index contributed by atoms with van der Waals surface area (Å²) in [6, 6.07) is 2.44. The van der Waals surface area contributed by atoms with Crippen molar-refractivity contribution in [2.24, 2.45) is 0 Å². The number of nitrogens with one attached hydrogen (secondary N) is 1. The maximum atomic E-state index is 12.0. The number of aromatic hydroxyl groups is 1. The van der Waals surface area contributed by atoms with Crippen LogP contribution in [0, 0.1) is 0 Å². The van der Waals surface area contributed by atoms with Crippen LogP contribution in [0.5, 0.6) is 5.75 Å². The molecule has 0 saturated carbocycles. The number of aliphatic hydroxyl groups is 1. The van der Waals surface area contributed by atoms with Crippen LogP contribution in [0.1, 0.15) is 39.4 Å². The summed E-state index contributed by atoms with van der Waals surface area (Å²) in [4.78, 5) is 12.0. The van der Waals surface area contributed by atoms with Gasteiger partial charge in [-0.1, -0.05) is 24.4 Å². The molecular weight excluding hydrogens is 300 g/mol. The summed E-state index contributed by atoms with van der Waals surface area (Å²) < 4.78 is 1.25. The molecule has 2 amide bonds. The molecule has 0 aromatic heterocycles. The largest absolute Gasteiger partial charge is 0.506 e. The smallest absolute Gasteiger partial charge is 0.332 e. The molecular formula is C13H19ClN2O3S. The molecule has 1 rings (SSSR count). The molecule has 7 heteroatoms. The lowest BCUT2D eigenvalue weighted by Crippen LogP contribution is -2.41. The van der Waals surface area contributed by atoms with E-state index in [2.05, 4.69) is 18.1 Å². The van der Waals surface area contributed by atoms with E-state index in [9.17, 15) is 15.0 Å². The van der Waals surface area contributed by atoms with Crippen LogP contribution in [-0.2, 0) is 0 Å². The van der Waals surface area contributed by atoms with E-state index in [1.165, 1.54) is 23.4 Å². The fourth-order valence-electron chi connectivity index (χ4n) is 1.49. The predicted octanol–water partition coefficient (Wildman–Crippen LogP) is 3.58. The van der Waals surface area contributed by atoms with Crippen molar-refractivity contribution in [3.8, 4) is 5.75 Å². The highest BCUT2D eigenvalue weighted by Crippen LogP contribution is 2.35. The number of phenolic OH excluding ortho intramolecular Hbond substituents is 1. The van der Waals surface area contributed by atoms with Crippen molar-refractivity contribution >= 4 is 36.1 Å². The van der Waals surface area contributed by atoms with E-state index in [4.69, 9.17) is 11.6 Å². The number of hydrogen-bond acceptors (Lipinski definition) is 4. The highest BCUT2D eigenvalue weighted by molar-refractivity contribution is 7.78. The fraction of sp³-hybridized carbons (Fsp3) is 0.462. The second-order valence-corrected chi connectivity index (χ2v) is 6.29. The Kier molecular flexibility index (Phi) is 5.18. The number of carbonyl (C=O) groups excluding carboxylic acids is 1. The van der Waals surface area contributed by atoms with Crippen LogP contribution in [0.15, 0.2) is 12.1 Å². The van der Waals surface area contributed by atoms with E-state index in [0.29, 0.717) is 5.69 Å². The quantitative estimate of drug-likeness (QED) is 0.497. The number of halogens is 1. The number of thiol groups is 1. The Morgan fingerprint density at radius 3 is 2.45 bits per heavy atom. The topological polar surface area (TPSA) is 72.8 Å². The lowest BCUT2D eigenvalue weighted by molar-refractivity contribution is 0.195. The zero-order chi connectivity index (χ0) is 15.7. The molecule has 1 aromatic rings. The predicted molar refractivity (Wildman–Crippen MR) is 83.3 cm³/mol. The first-order valence-corrected chi connectivity index (χ1v) is 6.82. The normalized spacial score (nSPS) is 12.9. The van der Waals surface area contributed by atoms with Crippen molar-refractivity contribution in [3.05, 3.63) is 22.7 Å². The molecule has 0 aliphatic heterocycles. The lowest BCUT2D eigenvalue weighted by Gasteiger charge is -2.30. The number of anilines is 1. The van der Waals surface area contributed by atoms with Gasteiger partial charge in [-0.05, 0) is 39.8 Å². The van der Waals surface area contributed by atoms with Gasteiger partial charge in [-0.2, -0.15) is 0 Å². The average Bonchev–Trinajstić information content (AvgIpc) is 2.30. The minimum absolute atomic E-state index is 0.0557. The standard InChI is InChI=1S/C13H19ClN2O3S/c1-7(17)9-5-8(6-10(14)11(9)18)15-12(19)16(20)13(2,3)4/h5-7,17-18,20H,1-4H3,(H,15,19). The van der Waals surface area contributed by atoms with E-state index in [1.54, 1.807) is 0 Å². The first kappa shape index (κ1) is 16.9. The zero-order valence-corrected chi connectivity index (χ0v) is 13.5. The summed E-state index contributed by atoms with van der Waals surface area (Å²) >= 11 is 10.0. The van der Waals surface area contributed by atoms with Gasteiger partial charge in [0.1, 0.15) is 5.75 Å². The number of benzene rings is 1. The van der Waals surface area contributed by atoms with E-state index in [1.807, 2.05) is 20.8 Å². The van der Waals surface area contributed by atoms with Crippen molar-refractivity contribution in [2.75, 3.05) is 5.32 Å². The van der Waals surface area contributed by atoms with Gasteiger partial charge < -0.3 is 15.5 Å². The number of urea groups is 1. The summed E-state index contributed by atoms with van der Waals surface area (Å²) in [5.74, 6) is -0.196. The molecule has 0 bridgehead atoms. The Hall–Kier alpha value is -1.11. The van der Waals surface area contributed by atoms with Crippen LogP contribution in [0.2, 0.25) is 5.02 Å². The second-order valence-electron chi connectivity index (χ2n) is 5.48. The van der Waals surface area contributed by atoms with Gasteiger partial charge in [-0.3, -0.25) is 4.31 Å². The van der Waals surface area contributed by atoms with Gasteiger partial charge in [0.2, 0.25) is 0 Å². The molecule has 0 saturated heterocycles. The van der Waals surface area contributed by atoms with Crippen LogP contribution >= 0.6 is 24.4 Å². The summed E-state index contributed by atoms with van der Waals surface area (Å²) in [7, 11) is 0. The molecule has 112 valence electrons. The Morgan fingerprint density at radius 2 is 2.00 bits per heavy atom. The van der Waals surface area contributed by atoms with Crippen LogP contribution in [0.4, 0.5) is 10.5 Å². The van der Waals surface area contributed by atoms with Gasteiger partial charge in [0.05, 0.1) is 11.1 Å². The molecule has 20 heavy (non-hydrogen) atoms. The number of aliphatic hydroxyl groups excluding tert-OH is 1. The molecule has 1 atom stereocenters. The molecule has 5 nitrogen and oxygen atoms in total. The monoisotopic (exact) mass is 318 g/mol. The minimum atomic E-state index is -0.904. The van der Waals surface area contributed by atoms with Gasteiger partial charge in [0.25, 0.3) is 0 Å². The molecule has 0 spiro atoms. The third kappa shape index (κ3) is 3.94. The highest BCUT2D eigenvalue weighted by Gasteiger charge is 2.24. The molecule has 3 N–H and O–H groups in total. The maximum absolute atomic E-state index is 12.0. The van der Waals surface area contributed by atoms with Crippen molar-refractivity contribution in [1.29, 1.82) is 0 Å². The third-order valence-electron chi connectivity index (χ3n) is 2.62. The van der Waals surface area contributed by atoms with E-state index >= 15 is 0 Å². The molecule has 0 heterocycles.